The number of carbonyl (C=O) groups excluding carboxylic acids is 1. The molecular weight excluding hydrogens is 272 g/mol. The highest BCUT2D eigenvalue weighted by atomic mass is 16.5. The molecule has 3 aliphatic rings. The van der Waals surface area contributed by atoms with Gasteiger partial charge in [-0.15, -0.1) is 0 Å². The van der Waals surface area contributed by atoms with Gasteiger partial charge < -0.3 is 4.74 Å². The van der Waals surface area contributed by atoms with Crippen LogP contribution in [0.3, 0.4) is 0 Å². The standard InChI is InChI=1S/C20H24O2/c1-12-10-18-17-6-4-13-11-14(22-3)5-7-15(13)16(17)8-9-20(18,2)19(12)21/h5,7,11,16-18H,1,4,6,8-10H2,2-3H3/t16-,17-,18+,20+/m1/s1. The highest BCUT2D eigenvalue weighted by molar-refractivity contribution is 6.02. The number of aryl methyl sites for hydroxylation is 1. The number of carbonyl (C=O) groups is 1. The van der Waals surface area contributed by atoms with Crippen molar-refractivity contribution in [2.75, 3.05) is 7.11 Å². The van der Waals surface area contributed by atoms with E-state index in [0.29, 0.717) is 23.5 Å². The first-order chi connectivity index (χ1) is 10.5. The van der Waals surface area contributed by atoms with Crippen molar-refractivity contribution in [3.63, 3.8) is 0 Å². The number of hydrogen-bond acceptors (Lipinski definition) is 2. The molecule has 22 heavy (non-hydrogen) atoms. The Hall–Kier alpha value is -1.57. The second-order valence-corrected chi connectivity index (χ2v) is 7.57. The molecule has 3 aliphatic carbocycles. The Kier molecular flexibility index (Phi) is 3.01. The predicted octanol–water partition coefficient (Wildman–Crippen LogP) is 4.29. The summed E-state index contributed by atoms with van der Waals surface area (Å²) in [6.45, 7) is 6.24. The third kappa shape index (κ3) is 1.76. The molecule has 0 radical (unpaired) electrons. The Bertz CT molecular complexity index is 660. The van der Waals surface area contributed by atoms with E-state index in [2.05, 4.69) is 31.7 Å². The third-order valence-electron chi connectivity index (χ3n) is 6.63. The van der Waals surface area contributed by atoms with E-state index >= 15 is 0 Å². The highest BCUT2D eigenvalue weighted by Gasteiger charge is 2.55. The summed E-state index contributed by atoms with van der Waals surface area (Å²) in [5.74, 6) is 3.06. The number of ketones is 1. The molecule has 0 spiro atoms. The zero-order valence-corrected chi connectivity index (χ0v) is 13.5. The van der Waals surface area contributed by atoms with Crippen molar-refractivity contribution in [3.8, 4) is 5.75 Å². The van der Waals surface area contributed by atoms with Gasteiger partial charge in [-0.25, -0.2) is 0 Å². The molecule has 0 aliphatic heterocycles. The largest absolute Gasteiger partial charge is 0.497 e. The molecular formula is C20H24O2. The minimum Gasteiger partial charge on any atom is -0.497 e. The number of rotatable bonds is 1. The molecule has 0 aromatic heterocycles. The molecule has 1 aromatic rings. The van der Waals surface area contributed by atoms with Gasteiger partial charge in [0.25, 0.3) is 0 Å². The lowest BCUT2D eigenvalue weighted by atomic mass is 9.55. The lowest BCUT2D eigenvalue weighted by Crippen LogP contribution is -2.42. The predicted molar refractivity (Wildman–Crippen MR) is 87.1 cm³/mol. The van der Waals surface area contributed by atoms with Gasteiger partial charge >= 0.3 is 0 Å². The first-order valence-electron chi connectivity index (χ1n) is 8.44. The topological polar surface area (TPSA) is 26.3 Å². The number of methoxy groups -OCH3 is 1. The number of Topliss-reactive ketones (excluding diaryl/α,β-unsaturated/α-hetero) is 1. The molecule has 1 aromatic carbocycles. The first kappa shape index (κ1) is 14.0. The average Bonchev–Trinajstić information content (AvgIpc) is 2.77. The minimum absolute atomic E-state index is 0.137. The van der Waals surface area contributed by atoms with Crippen LogP contribution in [0, 0.1) is 17.3 Å². The summed E-state index contributed by atoms with van der Waals surface area (Å²) < 4.78 is 5.37. The van der Waals surface area contributed by atoms with E-state index in [1.54, 1.807) is 7.11 Å². The van der Waals surface area contributed by atoms with Crippen LogP contribution in [0.5, 0.6) is 5.75 Å². The fourth-order valence-corrected chi connectivity index (χ4v) is 5.43. The van der Waals surface area contributed by atoms with E-state index in [-0.39, 0.29) is 5.41 Å². The lowest BCUT2D eigenvalue weighted by molar-refractivity contribution is -0.127. The molecule has 4 atom stereocenters. The normalized spacial score (nSPS) is 36.5. The van der Waals surface area contributed by atoms with Crippen LogP contribution in [0.15, 0.2) is 30.4 Å². The van der Waals surface area contributed by atoms with Crippen LogP contribution in [-0.2, 0) is 11.2 Å². The van der Waals surface area contributed by atoms with Gasteiger partial charge in [0, 0.05) is 5.41 Å². The minimum atomic E-state index is -0.137. The lowest BCUT2D eigenvalue weighted by Gasteiger charge is -2.48. The SMILES string of the molecule is C=C1C[C@H]2[C@@H]3CCc4cc(OC)ccc4[C@H]3CC[C@]2(C)C1=O. The third-order valence-corrected chi connectivity index (χ3v) is 6.63. The maximum atomic E-state index is 12.5. The van der Waals surface area contributed by atoms with Crippen molar-refractivity contribution in [1.29, 1.82) is 0 Å². The first-order valence-corrected chi connectivity index (χ1v) is 8.44. The average molecular weight is 296 g/mol. The molecule has 0 saturated heterocycles. The van der Waals surface area contributed by atoms with Crippen molar-refractivity contribution in [1.82, 2.24) is 0 Å². The summed E-state index contributed by atoms with van der Waals surface area (Å²) in [6, 6.07) is 6.56. The second-order valence-electron chi connectivity index (χ2n) is 7.57. The number of ether oxygens (including phenoxy) is 1. The summed E-state index contributed by atoms with van der Waals surface area (Å²) in [6.07, 6.45) is 5.38. The summed E-state index contributed by atoms with van der Waals surface area (Å²) >= 11 is 0. The van der Waals surface area contributed by atoms with Crippen molar-refractivity contribution in [3.05, 3.63) is 41.5 Å². The van der Waals surface area contributed by atoms with E-state index in [1.165, 1.54) is 17.5 Å². The van der Waals surface area contributed by atoms with Crippen LogP contribution in [0.1, 0.15) is 49.7 Å². The molecule has 2 nitrogen and oxygen atoms in total. The number of allylic oxidation sites excluding steroid dienone is 1. The molecule has 4 rings (SSSR count). The molecule has 0 amide bonds. The maximum Gasteiger partial charge on any atom is 0.164 e. The maximum absolute atomic E-state index is 12.5. The molecule has 116 valence electrons. The Labute approximate surface area is 132 Å². The summed E-state index contributed by atoms with van der Waals surface area (Å²) in [4.78, 5) is 12.5. The Morgan fingerprint density at radius 1 is 1.32 bits per heavy atom. The quantitative estimate of drug-likeness (QED) is 0.723. The van der Waals surface area contributed by atoms with Crippen molar-refractivity contribution < 1.29 is 9.53 Å². The molecule has 2 saturated carbocycles. The van der Waals surface area contributed by atoms with E-state index < -0.39 is 0 Å². The van der Waals surface area contributed by atoms with Gasteiger partial charge in [0.2, 0.25) is 0 Å². The van der Waals surface area contributed by atoms with Crippen LogP contribution >= 0.6 is 0 Å². The molecule has 0 unspecified atom stereocenters. The monoisotopic (exact) mass is 296 g/mol. The molecule has 2 heteroatoms. The zero-order valence-electron chi connectivity index (χ0n) is 13.5. The van der Waals surface area contributed by atoms with Gasteiger partial charge in [0.15, 0.2) is 5.78 Å². The van der Waals surface area contributed by atoms with Gasteiger partial charge in [0.1, 0.15) is 5.75 Å². The van der Waals surface area contributed by atoms with E-state index in [4.69, 9.17) is 4.74 Å². The van der Waals surface area contributed by atoms with Crippen molar-refractivity contribution in [2.45, 2.75) is 44.9 Å². The van der Waals surface area contributed by atoms with Gasteiger partial charge in [-0.1, -0.05) is 19.6 Å². The van der Waals surface area contributed by atoms with Crippen molar-refractivity contribution in [2.24, 2.45) is 17.3 Å². The molecule has 0 bridgehead atoms. The van der Waals surface area contributed by atoms with Gasteiger partial charge in [-0.2, -0.15) is 0 Å². The number of hydrogen-bond donors (Lipinski definition) is 0. The van der Waals surface area contributed by atoms with Crippen LogP contribution in [0.4, 0.5) is 0 Å². The van der Waals surface area contributed by atoms with Crippen LogP contribution in [0.2, 0.25) is 0 Å². The van der Waals surface area contributed by atoms with Gasteiger partial charge in [-0.3, -0.25) is 4.79 Å². The van der Waals surface area contributed by atoms with E-state index in [9.17, 15) is 4.79 Å². The zero-order chi connectivity index (χ0) is 15.5. The summed E-state index contributed by atoms with van der Waals surface area (Å²) in [5, 5.41) is 0. The van der Waals surface area contributed by atoms with Crippen LogP contribution < -0.4 is 4.74 Å². The summed E-state index contributed by atoms with van der Waals surface area (Å²) in [7, 11) is 1.73. The fraction of sp³-hybridized carbons (Fsp3) is 0.550. The Balaban J connectivity index is 1.71. The highest BCUT2D eigenvalue weighted by Crippen LogP contribution is 2.60. The second kappa shape index (κ2) is 4.71. The Morgan fingerprint density at radius 2 is 2.14 bits per heavy atom. The van der Waals surface area contributed by atoms with Crippen LogP contribution in [-0.4, -0.2) is 12.9 Å². The number of fused-ring (bicyclic) bond motifs is 5. The van der Waals surface area contributed by atoms with E-state index in [1.807, 2.05) is 0 Å². The van der Waals surface area contributed by atoms with E-state index in [0.717, 1.165) is 37.0 Å². The van der Waals surface area contributed by atoms with Gasteiger partial charge in [0.05, 0.1) is 7.11 Å². The molecule has 0 heterocycles. The summed E-state index contributed by atoms with van der Waals surface area (Å²) in [5.41, 5.74) is 3.69. The van der Waals surface area contributed by atoms with Crippen LogP contribution in [0.25, 0.3) is 0 Å². The Morgan fingerprint density at radius 3 is 2.91 bits per heavy atom. The molecule has 0 N–H and O–H groups in total. The molecule has 2 fully saturated rings. The fourth-order valence-electron chi connectivity index (χ4n) is 5.43. The smallest absolute Gasteiger partial charge is 0.164 e. The van der Waals surface area contributed by atoms with Crippen molar-refractivity contribution >= 4 is 5.78 Å². The van der Waals surface area contributed by atoms with Gasteiger partial charge in [-0.05, 0) is 78.7 Å². The number of benzene rings is 1.